The van der Waals surface area contributed by atoms with Gasteiger partial charge in [0.2, 0.25) is 5.90 Å². The van der Waals surface area contributed by atoms with Gasteiger partial charge in [0.1, 0.15) is 5.57 Å². The molecule has 2 aromatic rings. The second-order valence-electron chi connectivity index (χ2n) is 5.28. The molecule has 22 heavy (non-hydrogen) atoms. The third-order valence-electron chi connectivity index (χ3n) is 3.17. The molecule has 2 heterocycles. The number of nitrogens with zero attached hydrogens (tertiary/aromatic N) is 1. The van der Waals surface area contributed by atoms with Crippen LogP contribution in [0.2, 0.25) is 0 Å². The lowest BCUT2D eigenvalue weighted by atomic mass is 10.2. The van der Waals surface area contributed by atoms with Gasteiger partial charge in [-0.15, -0.1) is 5.10 Å². The minimum atomic E-state index is -0.258. The molecule has 1 amide bonds. The SMILES string of the molecule is CC(C)OC1=NNC(=O)/C1=C\c1ccc(-c2ccccc2)[nH]1. The van der Waals surface area contributed by atoms with Gasteiger partial charge in [0.05, 0.1) is 6.10 Å². The summed E-state index contributed by atoms with van der Waals surface area (Å²) in [6.45, 7) is 3.79. The van der Waals surface area contributed by atoms with Crippen LogP contribution in [0.4, 0.5) is 0 Å². The van der Waals surface area contributed by atoms with Crippen LogP contribution >= 0.6 is 0 Å². The van der Waals surface area contributed by atoms with Crippen molar-refractivity contribution in [3.63, 3.8) is 0 Å². The molecule has 0 aliphatic carbocycles. The number of ether oxygens (including phenoxy) is 1. The molecular formula is C17H17N3O2. The Kier molecular flexibility index (Phi) is 3.78. The molecule has 0 saturated heterocycles. The van der Waals surface area contributed by atoms with Gasteiger partial charge in [-0.1, -0.05) is 30.3 Å². The van der Waals surface area contributed by atoms with Crippen LogP contribution in [0.25, 0.3) is 17.3 Å². The molecule has 1 aromatic carbocycles. The Bertz CT molecular complexity index is 742. The Labute approximate surface area is 128 Å². The van der Waals surface area contributed by atoms with E-state index in [0.717, 1.165) is 17.0 Å². The van der Waals surface area contributed by atoms with Crippen LogP contribution in [-0.2, 0) is 9.53 Å². The molecule has 2 N–H and O–H groups in total. The molecule has 1 aliphatic rings. The number of hydrogen-bond acceptors (Lipinski definition) is 3. The van der Waals surface area contributed by atoms with Crippen molar-refractivity contribution in [2.75, 3.05) is 0 Å². The maximum absolute atomic E-state index is 11.9. The van der Waals surface area contributed by atoms with E-state index in [2.05, 4.69) is 15.5 Å². The Morgan fingerprint density at radius 2 is 1.91 bits per heavy atom. The normalized spacial score (nSPS) is 16.0. The van der Waals surface area contributed by atoms with E-state index in [1.165, 1.54) is 0 Å². The highest BCUT2D eigenvalue weighted by molar-refractivity contribution is 6.24. The van der Waals surface area contributed by atoms with Gasteiger partial charge in [-0.25, -0.2) is 5.43 Å². The average Bonchev–Trinajstić information content (AvgIpc) is 3.10. The largest absolute Gasteiger partial charge is 0.473 e. The first-order chi connectivity index (χ1) is 10.6. The van der Waals surface area contributed by atoms with Gasteiger partial charge in [-0.2, -0.15) is 0 Å². The van der Waals surface area contributed by atoms with Gasteiger partial charge in [0.25, 0.3) is 5.91 Å². The van der Waals surface area contributed by atoms with Crippen molar-refractivity contribution in [3.8, 4) is 11.3 Å². The standard InChI is InChI=1S/C17H17N3O2/c1-11(2)22-17-14(16(21)19-20-17)10-13-8-9-15(18-13)12-6-4-3-5-7-12/h3-11,18H,1-2H3,(H,19,21)/b14-10+. The van der Waals surface area contributed by atoms with Gasteiger partial charge >= 0.3 is 0 Å². The van der Waals surface area contributed by atoms with Gasteiger partial charge in [0.15, 0.2) is 0 Å². The molecule has 0 fully saturated rings. The number of aromatic nitrogens is 1. The summed E-state index contributed by atoms with van der Waals surface area (Å²) >= 11 is 0. The van der Waals surface area contributed by atoms with E-state index >= 15 is 0 Å². The first kappa shape index (κ1) is 14.1. The Morgan fingerprint density at radius 1 is 1.14 bits per heavy atom. The van der Waals surface area contributed by atoms with Crippen LogP contribution in [0.15, 0.2) is 53.1 Å². The highest BCUT2D eigenvalue weighted by atomic mass is 16.5. The summed E-state index contributed by atoms with van der Waals surface area (Å²) in [4.78, 5) is 15.1. The van der Waals surface area contributed by atoms with E-state index in [1.807, 2.05) is 56.3 Å². The topological polar surface area (TPSA) is 66.5 Å². The fraction of sp³-hybridized carbons (Fsp3) is 0.176. The highest BCUT2D eigenvalue weighted by Gasteiger charge is 2.25. The van der Waals surface area contributed by atoms with Gasteiger partial charge < -0.3 is 9.72 Å². The van der Waals surface area contributed by atoms with E-state index in [-0.39, 0.29) is 12.0 Å². The zero-order valence-electron chi connectivity index (χ0n) is 12.5. The van der Waals surface area contributed by atoms with Gasteiger partial charge in [-0.05, 0) is 37.6 Å². The molecule has 0 atom stereocenters. The first-order valence-electron chi connectivity index (χ1n) is 7.14. The predicted octanol–water partition coefficient (Wildman–Crippen LogP) is 2.93. The molecule has 112 valence electrons. The number of rotatable bonds is 3. The lowest BCUT2D eigenvalue weighted by Crippen LogP contribution is -2.16. The molecule has 0 radical (unpaired) electrons. The van der Waals surface area contributed by atoms with Gasteiger partial charge in [0, 0.05) is 11.4 Å². The van der Waals surface area contributed by atoms with E-state index in [4.69, 9.17) is 4.74 Å². The number of benzene rings is 1. The van der Waals surface area contributed by atoms with Crippen LogP contribution in [-0.4, -0.2) is 22.9 Å². The van der Waals surface area contributed by atoms with Crippen molar-refractivity contribution in [1.82, 2.24) is 10.4 Å². The Morgan fingerprint density at radius 3 is 2.64 bits per heavy atom. The van der Waals surface area contributed by atoms with Crippen LogP contribution in [0.5, 0.6) is 0 Å². The Balaban J connectivity index is 1.87. The number of hydrazone groups is 1. The lowest BCUT2D eigenvalue weighted by Gasteiger charge is -2.08. The van der Waals surface area contributed by atoms with Crippen molar-refractivity contribution < 1.29 is 9.53 Å². The molecule has 3 rings (SSSR count). The van der Waals surface area contributed by atoms with Crippen LogP contribution in [0.3, 0.4) is 0 Å². The van der Waals surface area contributed by atoms with Crippen molar-refractivity contribution in [3.05, 3.63) is 53.7 Å². The second kappa shape index (κ2) is 5.89. The van der Waals surface area contributed by atoms with Crippen molar-refractivity contribution in [2.45, 2.75) is 20.0 Å². The van der Waals surface area contributed by atoms with E-state index in [0.29, 0.717) is 11.5 Å². The summed E-state index contributed by atoms with van der Waals surface area (Å²) in [6, 6.07) is 13.9. The van der Waals surface area contributed by atoms with E-state index < -0.39 is 0 Å². The van der Waals surface area contributed by atoms with Crippen molar-refractivity contribution >= 4 is 17.9 Å². The quantitative estimate of drug-likeness (QED) is 0.855. The fourth-order valence-corrected chi connectivity index (χ4v) is 2.20. The number of aromatic amines is 1. The minimum absolute atomic E-state index is 0.0432. The molecule has 0 bridgehead atoms. The molecule has 0 spiro atoms. The Hall–Kier alpha value is -2.82. The molecule has 5 heteroatoms. The third kappa shape index (κ3) is 2.93. The number of nitrogens with one attached hydrogen (secondary N) is 2. The first-order valence-corrected chi connectivity index (χ1v) is 7.14. The molecule has 1 aliphatic heterocycles. The zero-order chi connectivity index (χ0) is 15.5. The zero-order valence-corrected chi connectivity index (χ0v) is 12.5. The average molecular weight is 295 g/mol. The summed E-state index contributed by atoms with van der Waals surface area (Å²) in [5, 5.41) is 3.91. The lowest BCUT2D eigenvalue weighted by molar-refractivity contribution is -0.116. The number of amides is 1. The second-order valence-corrected chi connectivity index (χ2v) is 5.28. The number of carbonyl (C=O) groups is 1. The van der Waals surface area contributed by atoms with E-state index in [1.54, 1.807) is 6.08 Å². The maximum atomic E-state index is 11.9. The van der Waals surface area contributed by atoms with Crippen molar-refractivity contribution in [2.24, 2.45) is 5.10 Å². The number of hydrogen-bond donors (Lipinski definition) is 2. The highest BCUT2D eigenvalue weighted by Crippen LogP contribution is 2.20. The summed E-state index contributed by atoms with van der Waals surface area (Å²) in [5.41, 5.74) is 5.76. The summed E-state index contributed by atoms with van der Waals surface area (Å²) in [5.74, 6) is 0.0716. The summed E-state index contributed by atoms with van der Waals surface area (Å²) in [6.07, 6.45) is 1.70. The molecule has 5 nitrogen and oxygen atoms in total. The van der Waals surface area contributed by atoms with Gasteiger partial charge in [-0.3, -0.25) is 4.79 Å². The summed E-state index contributed by atoms with van der Waals surface area (Å²) in [7, 11) is 0. The minimum Gasteiger partial charge on any atom is -0.473 e. The molecular weight excluding hydrogens is 278 g/mol. The predicted molar refractivity (Wildman–Crippen MR) is 86.0 cm³/mol. The van der Waals surface area contributed by atoms with Crippen LogP contribution in [0.1, 0.15) is 19.5 Å². The summed E-state index contributed by atoms with van der Waals surface area (Å²) < 4.78 is 5.54. The molecule has 0 saturated carbocycles. The van der Waals surface area contributed by atoms with E-state index in [9.17, 15) is 4.79 Å². The third-order valence-corrected chi connectivity index (χ3v) is 3.17. The molecule has 0 unspecified atom stereocenters. The fourth-order valence-electron chi connectivity index (χ4n) is 2.20. The van der Waals surface area contributed by atoms with Crippen molar-refractivity contribution in [1.29, 1.82) is 0 Å². The number of carbonyl (C=O) groups excluding carboxylic acids is 1. The number of H-pyrrole nitrogens is 1. The maximum Gasteiger partial charge on any atom is 0.277 e. The van der Waals surface area contributed by atoms with Crippen LogP contribution in [0, 0.1) is 0 Å². The van der Waals surface area contributed by atoms with Crippen LogP contribution < -0.4 is 5.43 Å². The monoisotopic (exact) mass is 295 g/mol. The molecule has 1 aromatic heterocycles. The smallest absolute Gasteiger partial charge is 0.277 e.